The summed E-state index contributed by atoms with van der Waals surface area (Å²) in [6.07, 6.45) is 5.58. The van der Waals surface area contributed by atoms with Crippen LogP contribution in [0.25, 0.3) is 10.9 Å². The predicted octanol–water partition coefficient (Wildman–Crippen LogP) is 3.99. The molecule has 0 radical (unpaired) electrons. The molecule has 2 aliphatic heterocycles. The van der Waals surface area contributed by atoms with E-state index in [1.807, 2.05) is 24.3 Å². The Labute approximate surface area is 182 Å². The molecule has 3 aromatic rings. The molecule has 1 aromatic heterocycles. The van der Waals surface area contributed by atoms with Crippen molar-refractivity contribution in [2.24, 2.45) is 0 Å². The molecule has 0 bridgehead atoms. The second kappa shape index (κ2) is 8.47. The number of amides is 1. The number of ether oxygens (including phenoxy) is 2. The van der Waals surface area contributed by atoms with Crippen LogP contribution in [0.4, 0.5) is 5.69 Å². The second-order valence-electron chi connectivity index (χ2n) is 8.07. The van der Waals surface area contributed by atoms with E-state index in [1.165, 1.54) is 22.2 Å². The Bertz CT molecular complexity index is 1150. The highest BCUT2D eigenvalue weighted by Crippen LogP contribution is 2.31. The molecule has 0 spiro atoms. The van der Waals surface area contributed by atoms with E-state index in [0.29, 0.717) is 13.0 Å². The van der Waals surface area contributed by atoms with Gasteiger partial charge in [-0.1, -0.05) is 24.3 Å². The summed E-state index contributed by atoms with van der Waals surface area (Å²) in [5, 5.41) is 4.10. The normalized spacial score (nSPS) is 16.2. The second-order valence-corrected chi connectivity index (χ2v) is 8.07. The van der Waals surface area contributed by atoms with Crippen molar-refractivity contribution in [3.63, 3.8) is 0 Å². The molecule has 5 rings (SSSR count). The third-order valence-corrected chi connectivity index (χ3v) is 6.09. The first-order valence-corrected chi connectivity index (χ1v) is 10.8. The third kappa shape index (κ3) is 4.03. The lowest BCUT2D eigenvalue weighted by Gasteiger charge is -2.27. The van der Waals surface area contributed by atoms with Gasteiger partial charge in [-0.15, -0.1) is 0 Å². The van der Waals surface area contributed by atoms with E-state index in [1.54, 1.807) is 7.11 Å². The number of hydrogen-bond donors (Lipinski definition) is 1. The molecule has 0 saturated heterocycles. The molecule has 2 aliphatic rings. The average molecular weight is 418 g/mol. The van der Waals surface area contributed by atoms with Crippen LogP contribution < -0.4 is 14.8 Å². The molecule has 6 heteroatoms. The predicted molar refractivity (Wildman–Crippen MR) is 122 cm³/mol. The first kappa shape index (κ1) is 19.7. The summed E-state index contributed by atoms with van der Waals surface area (Å²) in [6, 6.07) is 14.4. The number of rotatable bonds is 6. The van der Waals surface area contributed by atoms with E-state index in [-0.39, 0.29) is 5.91 Å². The van der Waals surface area contributed by atoms with Gasteiger partial charge in [0.25, 0.3) is 0 Å². The van der Waals surface area contributed by atoms with Crippen LogP contribution in [0.5, 0.6) is 11.5 Å². The largest absolute Gasteiger partial charge is 0.496 e. The third-order valence-electron chi connectivity index (χ3n) is 6.09. The number of benzene rings is 2. The summed E-state index contributed by atoms with van der Waals surface area (Å²) in [6.45, 7) is 4.33. The monoisotopic (exact) mass is 417 g/mol. The molecular formula is C25H27N3O3. The molecule has 0 fully saturated rings. The summed E-state index contributed by atoms with van der Waals surface area (Å²) in [4.78, 5) is 14.0. The minimum Gasteiger partial charge on any atom is -0.496 e. The number of aromatic nitrogens is 1. The van der Waals surface area contributed by atoms with E-state index >= 15 is 0 Å². The number of anilines is 1. The summed E-state index contributed by atoms with van der Waals surface area (Å²) >= 11 is 0. The Morgan fingerprint density at radius 2 is 2.03 bits per heavy atom. The molecule has 0 atom stereocenters. The molecule has 31 heavy (non-hydrogen) atoms. The minimum absolute atomic E-state index is 0.0727. The highest BCUT2D eigenvalue weighted by molar-refractivity contribution is 5.94. The van der Waals surface area contributed by atoms with Gasteiger partial charge in [0.2, 0.25) is 5.91 Å². The molecule has 0 saturated carbocycles. The van der Waals surface area contributed by atoms with Crippen LogP contribution >= 0.6 is 0 Å². The Morgan fingerprint density at radius 3 is 2.94 bits per heavy atom. The van der Waals surface area contributed by atoms with Crippen molar-refractivity contribution in [3.05, 3.63) is 65.9 Å². The van der Waals surface area contributed by atoms with Crippen LogP contribution in [-0.2, 0) is 24.3 Å². The van der Waals surface area contributed by atoms with Gasteiger partial charge < -0.3 is 19.4 Å². The number of carbonyl (C=O) groups excluding carboxylic acids is 1. The van der Waals surface area contributed by atoms with Gasteiger partial charge in [-0.05, 0) is 36.2 Å². The molecule has 2 aromatic carbocycles. The highest BCUT2D eigenvalue weighted by Gasteiger charge is 2.19. The SMILES string of the molecule is COc1cccc2c1cc1n2CCN(C/C=C/COc2ccc3c(c2)NC(=O)CC3)C1. The van der Waals surface area contributed by atoms with Gasteiger partial charge >= 0.3 is 0 Å². The fourth-order valence-corrected chi connectivity index (χ4v) is 4.47. The van der Waals surface area contributed by atoms with Gasteiger partial charge in [-0.3, -0.25) is 9.69 Å². The zero-order valence-electron chi connectivity index (χ0n) is 17.8. The van der Waals surface area contributed by atoms with Gasteiger partial charge in [0.05, 0.1) is 12.6 Å². The van der Waals surface area contributed by atoms with E-state index in [4.69, 9.17) is 9.47 Å². The van der Waals surface area contributed by atoms with E-state index in [9.17, 15) is 4.79 Å². The zero-order chi connectivity index (χ0) is 21.2. The number of nitrogens with one attached hydrogen (secondary N) is 1. The van der Waals surface area contributed by atoms with Crippen LogP contribution in [0.1, 0.15) is 17.7 Å². The lowest BCUT2D eigenvalue weighted by atomic mass is 10.0. The zero-order valence-corrected chi connectivity index (χ0v) is 17.8. The van der Waals surface area contributed by atoms with Gasteiger partial charge in [-0.25, -0.2) is 0 Å². The molecular weight excluding hydrogens is 390 g/mol. The maximum atomic E-state index is 11.6. The topological polar surface area (TPSA) is 55.7 Å². The number of nitrogens with zero attached hydrogens (tertiary/aromatic N) is 2. The lowest BCUT2D eigenvalue weighted by molar-refractivity contribution is -0.116. The Balaban J connectivity index is 1.16. The molecule has 0 aliphatic carbocycles. The van der Waals surface area contributed by atoms with E-state index in [0.717, 1.165) is 49.8 Å². The quantitative estimate of drug-likeness (QED) is 0.617. The molecule has 1 amide bonds. The van der Waals surface area contributed by atoms with Gasteiger partial charge in [0.15, 0.2) is 0 Å². The Morgan fingerprint density at radius 1 is 1.10 bits per heavy atom. The van der Waals surface area contributed by atoms with Gasteiger partial charge in [0.1, 0.15) is 18.1 Å². The fraction of sp³-hybridized carbons (Fsp3) is 0.320. The molecule has 3 heterocycles. The molecule has 0 unspecified atom stereocenters. The maximum Gasteiger partial charge on any atom is 0.224 e. The van der Waals surface area contributed by atoms with Crippen LogP contribution in [0.15, 0.2) is 54.6 Å². The molecule has 1 N–H and O–H groups in total. The van der Waals surface area contributed by atoms with Gasteiger partial charge in [-0.2, -0.15) is 0 Å². The van der Waals surface area contributed by atoms with Crippen LogP contribution in [0.2, 0.25) is 0 Å². The van der Waals surface area contributed by atoms with Crippen LogP contribution in [0, 0.1) is 0 Å². The van der Waals surface area contributed by atoms with Crippen molar-refractivity contribution < 1.29 is 14.3 Å². The smallest absolute Gasteiger partial charge is 0.224 e. The average Bonchev–Trinajstić information content (AvgIpc) is 3.16. The Kier molecular flexibility index (Phi) is 5.38. The fourth-order valence-electron chi connectivity index (χ4n) is 4.47. The Hall–Kier alpha value is -3.25. The first-order valence-electron chi connectivity index (χ1n) is 10.8. The summed E-state index contributed by atoms with van der Waals surface area (Å²) in [5.74, 6) is 1.79. The number of carbonyl (C=O) groups is 1. The van der Waals surface area contributed by atoms with Crippen molar-refractivity contribution in [2.45, 2.75) is 25.9 Å². The van der Waals surface area contributed by atoms with Crippen molar-refractivity contribution in [1.29, 1.82) is 0 Å². The van der Waals surface area contributed by atoms with Crippen LogP contribution in [-0.4, -0.2) is 42.2 Å². The first-order chi connectivity index (χ1) is 15.2. The van der Waals surface area contributed by atoms with Crippen molar-refractivity contribution in [2.75, 3.05) is 32.1 Å². The van der Waals surface area contributed by atoms with Gasteiger partial charge in [0, 0.05) is 55.4 Å². The highest BCUT2D eigenvalue weighted by atomic mass is 16.5. The molecule has 6 nitrogen and oxygen atoms in total. The standard InChI is InChI=1S/C25H27N3O3/c1-30-24-6-4-5-23-21(24)15-19-17-27(12-13-28(19)23)11-2-3-14-31-20-9-7-18-8-10-25(29)26-22(18)16-20/h2-7,9,15-16H,8,10-14,17H2,1H3,(H,26,29)/b3-2+. The number of hydrogen-bond acceptors (Lipinski definition) is 4. The van der Waals surface area contributed by atoms with Crippen LogP contribution in [0.3, 0.4) is 0 Å². The van der Waals surface area contributed by atoms with E-state index < -0.39 is 0 Å². The number of fused-ring (bicyclic) bond motifs is 4. The summed E-state index contributed by atoms with van der Waals surface area (Å²) in [7, 11) is 1.73. The number of methoxy groups -OCH3 is 1. The minimum atomic E-state index is 0.0727. The summed E-state index contributed by atoms with van der Waals surface area (Å²) < 4.78 is 13.8. The summed E-state index contributed by atoms with van der Waals surface area (Å²) in [5.41, 5.74) is 4.62. The van der Waals surface area contributed by atoms with E-state index in [2.05, 4.69) is 45.1 Å². The maximum absolute atomic E-state index is 11.6. The lowest BCUT2D eigenvalue weighted by Crippen LogP contribution is -2.33. The van der Waals surface area contributed by atoms with Crippen molar-refractivity contribution >= 4 is 22.5 Å². The molecule has 160 valence electrons. The van der Waals surface area contributed by atoms with Crippen molar-refractivity contribution in [3.8, 4) is 11.5 Å². The van der Waals surface area contributed by atoms with Crippen molar-refractivity contribution in [1.82, 2.24) is 9.47 Å². The number of aryl methyl sites for hydroxylation is 1.